The van der Waals surface area contributed by atoms with Crippen LogP contribution in [0.1, 0.15) is 5.56 Å². The van der Waals surface area contributed by atoms with Gasteiger partial charge in [-0.25, -0.2) is 0 Å². The Hall–Kier alpha value is -4.80. The van der Waals surface area contributed by atoms with Gasteiger partial charge in [0.05, 0.1) is 21.4 Å². The van der Waals surface area contributed by atoms with Gasteiger partial charge in [-0.1, -0.05) is 91.0 Å². The van der Waals surface area contributed by atoms with Gasteiger partial charge in [0, 0.05) is 43.2 Å². The molecule has 6 aromatic carbocycles. The molecule has 0 aliphatic carbocycles. The number of para-hydroxylation sites is 3. The molecule has 4 heterocycles. The fraction of sp³-hybridized carbons (Fsp3) is 0.0270. The van der Waals surface area contributed by atoms with Gasteiger partial charge in [-0.2, -0.15) is 0 Å². The van der Waals surface area contributed by atoms with Crippen molar-refractivity contribution in [2.45, 2.75) is 6.92 Å². The summed E-state index contributed by atoms with van der Waals surface area (Å²) < 4.78 is 5.24. The van der Waals surface area contributed by atoms with Crippen LogP contribution in [0.15, 0.2) is 121 Å². The molecule has 0 atom stereocenters. The lowest BCUT2D eigenvalue weighted by atomic mass is 9.44. The van der Waals surface area contributed by atoms with Gasteiger partial charge in [-0.05, 0) is 59.3 Å². The Morgan fingerprint density at radius 1 is 0.659 bits per heavy atom. The van der Waals surface area contributed by atoms with Crippen LogP contribution in [0.5, 0.6) is 0 Å². The second-order valence-electron chi connectivity index (χ2n) is 11.3. The summed E-state index contributed by atoms with van der Waals surface area (Å²) in [6.45, 7) is 2.36. The summed E-state index contributed by atoms with van der Waals surface area (Å²) in [6.07, 6.45) is 0. The summed E-state index contributed by atoms with van der Waals surface area (Å²) in [5.41, 5.74) is 13.2. The zero-order valence-corrected chi connectivity index (χ0v) is 23.2. The number of aryl methyl sites for hydroxylation is 1. The van der Waals surface area contributed by atoms with Crippen LogP contribution in [0.3, 0.4) is 0 Å². The molecule has 2 aliphatic heterocycles. The van der Waals surface area contributed by atoms with E-state index < -0.39 is 0 Å². The average Bonchev–Trinajstić information content (AvgIpc) is 3.58. The molecule has 0 amide bonds. The maximum atomic E-state index is 2.64. The normalized spacial score (nSPS) is 13.4. The SMILES string of the molecule is Cc1cc2c3c4c1c1ccccc1n4-c1ccccc1B3N(c1ccccc1)c1c-2ccc2c1sc1ccccc12. The Morgan fingerprint density at radius 3 is 2.32 bits per heavy atom. The van der Waals surface area contributed by atoms with Gasteiger partial charge < -0.3 is 9.38 Å². The highest BCUT2D eigenvalue weighted by atomic mass is 32.1. The van der Waals surface area contributed by atoms with Crippen molar-refractivity contribution in [3.63, 3.8) is 0 Å². The first-order chi connectivity index (χ1) is 20.3. The summed E-state index contributed by atoms with van der Waals surface area (Å²) in [5.74, 6) is 0. The molecular formula is C37H23BN2S. The summed E-state index contributed by atoms with van der Waals surface area (Å²) in [4.78, 5) is 2.64. The van der Waals surface area contributed by atoms with Crippen molar-refractivity contribution in [3.8, 4) is 16.8 Å². The summed E-state index contributed by atoms with van der Waals surface area (Å²) in [5, 5.41) is 5.38. The van der Waals surface area contributed by atoms with Crippen LogP contribution in [0.2, 0.25) is 0 Å². The van der Waals surface area contributed by atoms with E-state index in [0.717, 1.165) is 0 Å². The van der Waals surface area contributed by atoms with E-state index in [0.29, 0.717) is 0 Å². The van der Waals surface area contributed by atoms with E-state index in [9.17, 15) is 0 Å². The van der Waals surface area contributed by atoms with E-state index in [1.807, 2.05) is 11.3 Å². The number of nitrogens with zero attached hydrogens (tertiary/aromatic N) is 2. The number of aromatic nitrogens is 1. The van der Waals surface area contributed by atoms with Crippen LogP contribution in [-0.4, -0.2) is 11.4 Å². The lowest BCUT2D eigenvalue weighted by molar-refractivity contribution is 1.18. The average molecular weight is 538 g/mol. The second kappa shape index (κ2) is 7.69. The third kappa shape index (κ3) is 2.64. The minimum Gasteiger partial charge on any atom is -0.375 e. The van der Waals surface area contributed by atoms with Crippen molar-refractivity contribution in [2.75, 3.05) is 4.81 Å². The molecule has 0 N–H and O–H groups in total. The molecule has 10 rings (SSSR count). The van der Waals surface area contributed by atoms with Crippen LogP contribution in [0.25, 0.3) is 58.8 Å². The number of fused-ring (bicyclic) bond motifs is 12. The molecule has 190 valence electrons. The largest absolute Gasteiger partial charge is 0.375 e. The van der Waals surface area contributed by atoms with Gasteiger partial charge in [0.15, 0.2) is 0 Å². The summed E-state index contributed by atoms with van der Waals surface area (Å²) in [6, 6.07) is 45.1. The lowest BCUT2D eigenvalue weighted by Crippen LogP contribution is -2.60. The van der Waals surface area contributed by atoms with E-state index in [4.69, 9.17) is 0 Å². The Balaban J connectivity index is 1.47. The van der Waals surface area contributed by atoms with Crippen LogP contribution in [0, 0.1) is 6.92 Å². The smallest absolute Gasteiger partial charge is 0.333 e. The van der Waals surface area contributed by atoms with Crippen molar-refractivity contribution in [2.24, 2.45) is 0 Å². The summed E-state index contributed by atoms with van der Waals surface area (Å²) >= 11 is 1.92. The standard InChI is InChI=1S/C37H23BN2S/c1-22-21-28-25-19-20-26-24-13-6-10-18-32(24)41-37(26)35(25)40(23-11-3-2-4-12-23)38-29-15-7-9-17-31(29)39-30-16-8-5-14-27(30)33(22)36(39)34(28)38/h2-21H,1H3. The molecule has 2 aliphatic rings. The highest BCUT2D eigenvalue weighted by molar-refractivity contribution is 7.26. The van der Waals surface area contributed by atoms with Crippen LogP contribution in [0.4, 0.5) is 11.4 Å². The maximum Gasteiger partial charge on any atom is 0.333 e. The predicted octanol–water partition coefficient (Wildman–Crippen LogP) is 8.70. The molecule has 0 unspecified atom stereocenters. The molecule has 0 spiro atoms. The number of thiophene rings is 1. The van der Waals surface area contributed by atoms with Gasteiger partial charge in [0.25, 0.3) is 0 Å². The van der Waals surface area contributed by atoms with Crippen LogP contribution < -0.4 is 15.7 Å². The maximum absolute atomic E-state index is 2.64. The molecular weight excluding hydrogens is 515 g/mol. The van der Waals surface area contributed by atoms with E-state index in [2.05, 4.69) is 138 Å². The predicted molar refractivity (Wildman–Crippen MR) is 177 cm³/mol. The molecule has 41 heavy (non-hydrogen) atoms. The second-order valence-corrected chi connectivity index (χ2v) is 12.4. The van der Waals surface area contributed by atoms with Crippen molar-refractivity contribution in [1.29, 1.82) is 0 Å². The van der Waals surface area contributed by atoms with Gasteiger partial charge >= 0.3 is 6.85 Å². The number of benzene rings is 6. The number of rotatable bonds is 1. The number of hydrogen-bond donors (Lipinski definition) is 0. The van der Waals surface area contributed by atoms with Crippen LogP contribution in [-0.2, 0) is 0 Å². The van der Waals surface area contributed by atoms with Crippen molar-refractivity contribution >= 4 is 82.5 Å². The number of hydrogen-bond acceptors (Lipinski definition) is 2. The fourth-order valence-corrected chi connectivity index (χ4v) is 8.96. The minimum absolute atomic E-state index is 0.0619. The molecule has 0 saturated carbocycles. The highest BCUT2D eigenvalue weighted by Crippen LogP contribution is 2.51. The third-order valence-corrected chi connectivity index (χ3v) is 10.5. The summed E-state index contributed by atoms with van der Waals surface area (Å²) in [7, 11) is 0. The lowest BCUT2D eigenvalue weighted by Gasteiger charge is -2.42. The Bertz CT molecular complexity index is 2400. The van der Waals surface area contributed by atoms with Crippen molar-refractivity contribution < 1.29 is 0 Å². The quantitative estimate of drug-likeness (QED) is 0.190. The van der Waals surface area contributed by atoms with Gasteiger partial charge in [0.1, 0.15) is 0 Å². The van der Waals surface area contributed by atoms with Gasteiger partial charge in [-0.15, -0.1) is 11.3 Å². The van der Waals surface area contributed by atoms with E-state index in [-0.39, 0.29) is 6.85 Å². The first kappa shape index (κ1) is 22.0. The molecule has 2 aromatic heterocycles. The van der Waals surface area contributed by atoms with Crippen LogP contribution >= 0.6 is 11.3 Å². The Morgan fingerprint density at radius 2 is 1.41 bits per heavy atom. The zero-order valence-electron chi connectivity index (χ0n) is 22.4. The molecule has 0 bridgehead atoms. The first-order valence-electron chi connectivity index (χ1n) is 14.2. The van der Waals surface area contributed by atoms with E-state index >= 15 is 0 Å². The van der Waals surface area contributed by atoms with Gasteiger partial charge in [-0.3, -0.25) is 0 Å². The number of anilines is 2. The Labute approximate surface area is 241 Å². The molecule has 0 saturated heterocycles. The molecule has 8 aromatic rings. The van der Waals surface area contributed by atoms with Crippen molar-refractivity contribution in [3.05, 3.63) is 127 Å². The van der Waals surface area contributed by atoms with E-state index in [1.54, 1.807) is 0 Å². The molecule has 0 fully saturated rings. The monoisotopic (exact) mass is 538 g/mol. The molecule has 4 heteroatoms. The third-order valence-electron chi connectivity index (χ3n) is 9.27. The topological polar surface area (TPSA) is 8.17 Å². The van der Waals surface area contributed by atoms with Crippen molar-refractivity contribution in [1.82, 2.24) is 4.57 Å². The van der Waals surface area contributed by atoms with Gasteiger partial charge in [0.2, 0.25) is 0 Å². The fourth-order valence-electron chi connectivity index (χ4n) is 7.71. The molecule has 0 radical (unpaired) electrons. The first-order valence-corrected chi connectivity index (χ1v) is 15.1. The zero-order chi connectivity index (χ0) is 26.8. The van der Waals surface area contributed by atoms with E-state index in [1.165, 1.54) is 86.7 Å². The minimum atomic E-state index is 0.0619. The Kier molecular flexibility index (Phi) is 4.12. The molecule has 2 nitrogen and oxygen atoms in total. The highest BCUT2D eigenvalue weighted by Gasteiger charge is 2.44.